The van der Waals surface area contributed by atoms with E-state index >= 15 is 0 Å². The number of nitrogens with one attached hydrogen (secondary N) is 2. The summed E-state index contributed by atoms with van der Waals surface area (Å²) in [6.45, 7) is 0.0209. The Kier molecular flexibility index (Phi) is 12.7. The summed E-state index contributed by atoms with van der Waals surface area (Å²) in [5.41, 5.74) is 10.9. The lowest BCUT2D eigenvalue weighted by atomic mass is 10.0. The summed E-state index contributed by atoms with van der Waals surface area (Å²) >= 11 is 4.22. The van der Waals surface area contributed by atoms with Crippen LogP contribution in [0.3, 0.4) is 0 Å². The lowest BCUT2D eigenvalue weighted by Crippen LogP contribution is -3.00. The number of oxime groups is 1. The number of fused-ring (bicyclic) bond motifs is 1. The number of methoxy groups -OCH3 is 1. The Labute approximate surface area is 313 Å². The van der Waals surface area contributed by atoms with Crippen LogP contribution < -0.4 is 49.9 Å². The van der Waals surface area contributed by atoms with Crippen LogP contribution in [0.25, 0.3) is 0 Å². The number of ether oxygens (including phenoxy) is 2. The molecule has 6 rings (SSSR count). The molecular weight excluding hydrogens is 802 g/mol. The number of nitrogens with zero attached hydrogens (tertiary/aromatic N) is 4. The van der Waals surface area contributed by atoms with Crippen LogP contribution in [0.15, 0.2) is 75.5 Å². The molecule has 1 aromatic carbocycles. The van der Waals surface area contributed by atoms with Crippen molar-refractivity contribution in [3.05, 3.63) is 76.7 Å². The average Bonchev–Trinajstić information content (AvgIpc) is 3.80. The third-order valence-electron chi connectivity index (χ3n) is 8.10. The molecule has 1 saturated heterocycles. The van der Waals surface area contributed by atoms with Gasteiger partial charge in [0.15, 0.2) is 10.8 Å². The number of β-lactam (4-membered cyclic amide) rings is 1. The van der Waals surface area contributed by atoms with Gasteiger partial charge >= 0.3 is 5.97 Å². The molecule has 1 saturated carbocycles. The molecule has 4 heterocycles. The molecule has 0 radical (unpaired) electrons. The number of pyridine rings is 1. The number of esters is 1. The maximum Gasteiger partial charge on any atom is 0.355 e. The van der Waals surface area contributed by atoms with E-state index < -0.39 is 29.2 Å². The second-order valence-corrected chi connectivity index (χ2v) is 14.3. The zero-order chi connectivity index (χ0) is 33.6. The van der Waals surface area contributed by atoms with Gasteiger partial charge in [-0.25, -0.2) is 9.78 Å². The monoisotopic (exact) mass is 837 g/mol. The smallest absolute Gasteiger partial charge is 0.355 e. The van der Waals surface area contributed by atoms with Crippen LogP contribution in [0.4, 0.5) is 5.13 Å². The molecule has 49 heavy (non-hydrogen) atoms. The summed E-state index contributed by atoms with van der Waals surface area (Å²) in [5.74, 6) is 0.0139. The number of nitrogens with two attached hydrogens (primary N) is 1. The normalized spacial score (nSPS) is 19.0. The van der Waals surface area contributed by atoms with E-state index in [4.69, 9.17) is 20.0 Å². The van der Waals surface area contributed by atoms with Gasteiger partial charge < -0.3 is 49.3 Å². The fourth-order valence-electron chi connectivity index (χ4n) is 5.48. The first kappa shape index (κ1) is 36.7. The summed E-state index contributed by atoms with van der Waals surface area (Å²) in [7, 11) is 3.41. The van der Waals surface area contributed by atoms with Gasteiger partial charge in [0.25, 0.3) is 11.8 Å². The van der Waals surface area contributed by atoms with Crippen LogP contribution in [-0.2, 0) is 30.6 Å². The molecule has 4 N–H and O–H groups in total. The van der Waals surface area contributed by atoms with Crippen molar-refractivity contribution in [2.75, 3.05) is 36.8 Å². The van der Waals surface area contributed by atoms with Crippen LogP contribution in [-0.4, -0.2) is 76.6 Å². The number of aromatic nitrogens is 2. The summed E-state index contributed by atoms with van der Waals surface area (Å²) in [6.07, 6.45) is 7.51. The van der Waals surface area contributed by atoms with Crippen molar-refractivity contribution in [2.24, 2.45) is 5.16 Å². The number of carbonyl (C=O) groups excluding carboxylic acids is 3. The minimum absolute atomic E-state index is 0. The van der Waals surface area contributed by atoms with Crippen LogP contribution in [0.1, 0.15) is 36.9 Å². The van der Waals surface area contributed by atoms with E-state index in [9.17, 15) is 14.4 Å². The van der Waals surface area contributed by atoms with E-state index in [2.05, 4.69) is 20.9 Å². The van der Waals surface area contributed by atoms with Gasteiger partial charge in [-0.15, -0.1) is 34.9 Å². The second kappa shape index (κ2) is 16.9. The Bertz CT molecular complexity index is 1710. The molecule has 3 aromatic rings. The van der Waals surface area contributed by atoms with Gasteiger partial charge in [-0.05, 0) is 49.0 Å². The van der Waals surface area contributed by atoms with E-state index in [1.54, 1.807) is 36.4 Å². The number of hydrogen-bond acceptors (Lipinski definition) is 13. The van der Waals surface area contributed by atoms with Gasteiger partial charge in [-0.2, -0.15) is 5.43 Å². The highest BCUT2D eigenvalue weighted by molar-refractivity contribution is 8.01. The third-order valence-corrected chi connectivity index (χ3v) is 11.2. The number of halogens is 1. The molecule has 3 aliphatic rings. The van der Waals surface area contributed by atoms with Gasteiger partial charge in [0.2, 0.25) is 12.4 Å². The molecule has 17 heteroatoms. The summed E-state index contributed by atoms with van der Waals surface area (Å²) in [4.78, 5) is 53.4. The van der Waals surface area contributed by atoms with E-state index in [0.29, 0.717) is 17.3 Å². The first-order chi connectivity index (χ1) is 23.3. The van der Waals surface area contributed by atoms with Crippen molar-refractivity contribution < 1.29 is 57.3 Å². The molecule has 0 bridgehead atoms. The van der Waals surface area contributed by atoms with Crippen molar-refractivity contribution in [2.45, 2.75) is 54.7 Å². The molecule has 1 aliphatic carbocycles. The number of rotatable bonds is 13. The predicted octanol–water partition coefficient (Wildman–Crippen LogP) is 0.0517. The number of benzene rings is 1. The molecule has 0 unspecified atom stereocenters. The maximum absolute atomic E-state index is 13.7. The number of thiazole rings is 1. The molecule has 2 fully saturated rings. The van der Waals surface area contributed by atoms with Gasteiger partial charge in [0.1, 0.15) is 41.3 Å². The highest BCUT2D eigenvalue weighted by Gasteiger charge is 2.54. The molecule has 13 nitrogen and oxygen atoms in total. The quantitative estimate of drug-likeness (QED) is 0.0406. The predicted molar refractivity (Wildman–Crippen MR) is 184 cm³/mol. The van der Waals surface area contributed by atoms with Crippen LogP contribution in [0, 0.1) is 0 Å². The largest absolute Gasteiger partial charge is 1.00 e. The van der Waals surface area contributed by atoms with Gasteiger partial charge in [0, 0.05) is 33.9 Å². The van der Waals surface area contributed by atoms with E-state index in [1.807, 2.05) is 48.4 Å². The minimum atomic E-state index is -0.889. The minimum Gasteiger partial charge on any atom is -1.00 e. The Balaban J connectivity index is 0.00000468. The Hall–Kier alpha value is -3.55. The fraction of sp³-hybridized carbons (Fsp3) is 0.375. The average molecular weight is 838 g/mol. The number of nitrogen functional groups attached to an aromatic ring is 1. The molecule has 260 valence electrons. The van der Waals surface area contributed by atoms with Crippen LogP contribution in [0.2, 0.25) is 0 Å². The zero-order valence-corrected chi connectivity index (χ0v) is 31.4. The van der Waals surface area contributed by atoms with Crippen molar-refractivity contribution >= 4 is 63.5 Å². The van der Waals surface area contributed by atoms with Crippen LogP contribution in [0.5, 0.6) is 5.75 Å². The molecule has 0 spiro atoms. The Morgan fingerprint density at radius 3 is 2.55 bits per heavy atom. The lowest BCUT2D eigenvalue weighted by Gasteiger charge is -2.49. The Morgan fingerprint density at radius 1 is 1.16 bits per heavy atom. The zero-order valence-electron chi connectivity index (χ0n) is 26.8. The summed E-state index contributed by atoms with van der Waals surface area (Å²) in [6, 6.07) is 10.3. The number of thioether (sulfide) groups is 2. The standard InChI is InChI=1S/C32H35N7O6S3.HI/c1-34-38-13-11-23(12-14-38)46-16-20-17-47-30-26(29(41)39(30)27(20)31(42)44-15-19-7-9-21(43-2)10-8-19)36-28(40)25(24-18-48-32(33)35-24)37-45-22-5-3-4-6-22;/h7-14,18,22,26,30,34H,3-6,15-17H2,1-2H3,(H2-,33,35,36,40);1H/b37-25-;/t26-,30-;/m1./s1. The molecule has 2 amide bonds. The number of anilines is 1. The van der Waals surface area contributed by atoms with Gasteiger partial charge in [0.05, 0.1) is 14.2 Å². The van der Waals surface area contributed by atoms with Crippen molar-refractivity contribution in [1.29, 1.82) is 0 Å². The molecule has 2 atom stereocenters. The maximum atomic E-state index is 13.7. The van der Waals surface area contributed by atoms with E-state index in [1.165, 1.54) is 28.0 Å². The van der Waals surface area contributed by atoms with Crippen molar-refractivity contribution in [3.8, 4) is 5.75 Å². The first-order valence-corrected chi connectivity index (χ1v) is 18.3. The van der Waals surface area contributed by atoms with E-state index in [0.717, 1.165) is 41.7 Å². The molecular formula is C32H36IN7O6S3. The van der Waals surface area contributed by atoms with Gasteiger partial charge in [-0.3, -0.25) is 14.5 Å². The number of amides is 2. The summed E-state index contributed by atoms with van der Waals surface area (Å²) in [5, 5.41) is 8.40. The van der Waals surface area contributed by atoms with Gasteiger partial charge in [-0.1, -0.05) is 22.0 Å². The number of hydrogen-bond donors (Lipinski definition) is 3. The van der Waals surface area contributed by atoms with Crippen molar-refractivity contribution in [1.82, 2.24) is 15.2 Å². The first-order valence-electron chi connectivity index (χ1n) is 15.4. The van der Waals surface area contributed by atoms with E-state index in [-0.39, 0.29) is 58.9 Å². The topological polar surface area (TPSA) is 161 Å². The SMILES string of the molecule is CN[n+]1ccc(SCC2=C(C(=O)OCc3ccc(OC)cc3)N3C(=O)[C@@H](NC(=O)/C(=N\OC4CCCC4)c4csc(N)n4)[C@H]3SC2)cc1.[I-]. The summed E-state index contributed by atoms with van der Waals surface area (Å²) < 4.78 is 12.8. The number of carbonyl (C=O) groups is 3. The van der Waals surface area contributed by atoms with Crippen molar-refractivity contribution in [3.63, 3.8) is 0 Å². The van der Waals surface area contributed by atoms with Crippen LogP contribution >= 0.6 is 34.9 Å². The molecule has 2 aromatic heterocycles. The Morgan fingerprint density at radius 2 is 1.90 bits per heavy atom. The highest BCUT2D eigenvalue weighted by atomic mass is 127. The highest BCUT2D eigenvalue weighted by Crippen LogP contribution is 2.42. The lowest BCUT2D eigenvalue weighted by molar-refractivity contribution is -0.647. The molecule has 2 aliphatic heterocycles. The third kappa shape index (κ3) is 8.61. The second-order valence-electron chi connectivity index (χ2n) is 11.2. The fourth-order valence-corrected chi connectivity index (χ4v) is 8.40.